The van der Waals surface area contributed by atoms with E-state index in [0.29, 0.717) is 12.2 Å². The third-order valence-electron chi connectivity index (χ3n) is 4.18. The normalized spacial score (nSPS) is 13.4. The van der Waals surface area contributed by atoms with E-state index in [0.717, 1.165) is 22.2 Å². The first kappa shape index (κ1) is 19.6. The van der Waals surface area contributed by atoms with Crippen LogP contribution >= 0.6 is 0 Å². The summed E-state index contributed by atoms with van der Waals surface area (Å²) in [6.07, 6.45) is 7.69. The van der Waals surface area contributed by atoms with Crippen molar-refractivity contribution < 1.29 is 0 Å². The van der Waals surface area contributed by atoms with Crippen molar-refractivity contribution in [2.24, 2.45) is 12.0 Å². The third kappa shape index (κ3) is 4.10. The second-order valence-corrected chi connectivity index (χ2v) is 6.88. The molecule has 0 bridgehead atoms. The summed E-state index contributed by atoms with van der Waals surface area (Å²) in [4.78, 5) is 21.6. The molecule has 0 fully saturated rings. The largest absolute Gasteiger partial charge is 0.330 e. The summed E-state index contributed by atoms with van der Waals surface area (Å²) in [6, 6.07) is 2.04. The van der Waals surface area contributed by atoms with E-state index < -0.39 is 0 Å². The Balaban J connectivity index is 2.65. The highest BCUT2D eigenvalue weighted by Gasteiger charge is 2.15. The lowest BCUT2D eigenvalue weighted by Crippen LogP contribution is -2.25. The van der Waals surface area contributed by atoms with Crippen molar-refractivity contribution >= 4 is 23.0 Å². The van der Waals surface area contributed by atoms with Crippen LogP contribution in [0.15, 0.2) is 51.9 Å². The molecule has 0 amide bonds. The molecule has 2 rings (SSSR count). The van der Waals surface area contributed by atoms with E-state index in [4.69, 9.17) is 0 Å². The van der Waals surface area contributed by atoms with Crippen LogP contribution in [0, 0.1) is 0 Å². The molecular formula is C21H28N4O. The molecule has 2 heterocycles. The topological polar surface area (TPSA) is 52.2 Å². The number of pyridine rings is 1. The number of aliphatic imine (C=N–C) groups is 1. The van der Waals surface area contributed by atoms with Crippen LogP contribution in [0.4, 0.5) is 0 Å². The predicted molar refractivity (Wildman–Crippen MR) is 111 cm³/mol. The Morgan fingerprint density at radius 2 is 2.04 bits per heavy atom. The van der Waals surface area contributed by atoms with Gasteiger partial charge in [0.25, 0.3) is 0 Å². The summed E-state index contributed by atoms with van der Waals surface area (Å²) in [6.45, 7) is 14.6. The van der Waals surface area contributed by atoms with Crippen LogP contribution in [0.2, 0.25) is 0 Å². The van der Waals surface area contributed by atoms with Crippen LogP contribution in [-0.4, -0.2) is 26.4 Å². The highest BCUT2D eigenvalue weighted by atomic mass is 16.1. The average Bonchev–Trinajstić information content (AvgIpc) is 2.79. The van der Waals surface area contributed by atoms with E-state index in [2.05, 4.69) is 42.6 Å². The summed E-state index contributed by atoms with van der Waals surface area (Å²) >= 11 is 0. The van der Waals surface area contributed by atoms with Crippen molar-refractivity contribution in [3.8, 4) is 0 Å². The van der Waals surface area contributed by atoms with Gasteiger partial charge >= 0.3 is 5.69 Å². The van der Waals surface area contributed by atoms with Crippen LogP contribution in [0.3, 0.4) is 0 Å². The molecular weight excluding hydrogens is 324 g/mol. The fourth-order valence-corrected chi connectivity index (χ4v) is 2.90. The van der Waals surface area contributed by atoms with Gasteiger partial charge in [-0.15, -0.1) is 0 Å². The van der Waals surface area contributed by atoms with E-state index in [-0.39, 0.29) is 11.7 Å². The summed E-state index contributed by atoms with van der Waals surface area (Å²) in [5.41, 5.74) is 5.55. The standard InChI is InChI=1S/C21H28N4O/c1-8-22-16(6)13-25-19-11-17(12-23-20(19)24(7)21(25)26)18(15(4)5)10-9-14(2)3/h8-12,16H,4,13H2,1-3,5-7H3/b18-10+,22-8-. The van der Waals surface area contributed by atoms with E-state index in [1.807, 2.05) is 26.8 Å². The molecule has 0 N–H and O–H groups in total. The van der Waals surface area contributed by atoms with Crippen LogP contribution in [-0.2, 0) is 13.6 Å². The second-order valence-electron chi connectivity index (χ2n) is 6.88. The molecule has 0 aliphatic rings. The van der Waals surface area contributed by atoms with Crippen LogP contribution in [0.25, 0.3) is 16.7 Å². The van der Waals surface area contributed by atoms with E-state index in [1.165, 1.54) is 5.57 Å². The van der Waals surface area contributed by atoms with Gasteiger partial charge in [0, 0.05) is 25.4 Å². The van der Waals surface area contributed by atoms with Crippen LogP contribution in [0.1, 0.15) is 40.2 Å². The van der Waals surface area contributed by atoms with Gasteiger partial charge in [0.15, 0.2) is 5.65 Å². The molecule has 0 aliphatic carbocycles. The number of rotatable bonds is 6. The minimum Gasteiger partial charge on any atom is -0.293 e. The molecule has 1 unspecified atom stereocenters. The maximum absolute atomic E-state index is 12.7. The Labute approximate surface area is 155 Å². The van der Waals surface area contributed by atoms with E-state index in [9.17, 15) is 4.79 Å². The Bertz CT molecular complexity index is 966. The molecule has 138 valence electrons. The number of hydrogen-bond donors (Lipinski definition) is 0. The Kier molecular flexibility index (Phi) is 6.14. The van der Waals surface area contributed by atoms with Crippen molar-refractivity contribution in [2.75, 3.05) is 0 Å². The lowest BCUT2D eigenvalue weighted by atomic mass is 10.0. The van der Waals surface area contributed by atoms with Crippen LogP contribution in [0.5, 0.6) is 0 Å². The molecule has 0 aromatic carbocycles. The van der Waals surface area contributed by atoms with E-state index in [1.54, 1.807) is 28.6 Å². The lowest BCUT2D eigenvalue weighted by molar-refractivity contribution is 0.580. The minimum atomic E-state index is -0.0760. The number of nitrogens with zero attached hydrogens (tertiary/aromatic N) is 4. The van der Waals surface area contributed by atoms with Gasteiger partial charge in [-0.25, -0.2) is 9.78 Å². The molecule has 1 atom stereocenters. The first-order valence-electron chi connectivity index (χ1n) is 8.80. The van der Waals surface area contributed by atoms with Crippen molar-refractivity contribution in [1.82, 2.24) is 14.1 Å². The minimum absolute atomic E-state index is 0.0220. The van der Waals surface area contributed by atoms with Crippen LogP contribution < -0.4 is 5.69 Å². The van der Waals surface area contributed by atoms with Crippen molar-refractivity contribution in [2.45, 2.75) is 47.2 Å². The quantitative estimate of drug-likeness (QED) is 0.579. The number of hydrogen-bond acceptors (Lipinski definition) is 3. The second kappa shape index (κ2) is 8.13. The first-order chi connectivity index (χ1) is 12.3. The van der Waals surface area contributed by atoms with Crippen molar-refractivity contribution in [1.29, 1.82) is 0 Å². The zero-order chi connectivity index (χ0) is 19.4. The summed E-state index contributed by atoms with van der Waals surface area (Å²) in [5.74, 6) is 0. The summed E-state index contributed by atoms with van der Waals surface area (Å²) < 4.78 is 3.34. The lowest BCUT2D eigenvalue weighted by Gasteiger charge is -2.10. The highest BCUT2D eigenvalue weighted by Crippen LogP contribution is 2.24. The van der Waals surface area contributed by atoms with Gasteiger partial charge in [-0.1, -0.05) is 29.9 Å². The predicted octanol–water partition coefficient (Wildman–Crippen LogP) is 4.14. The van der Waals surface area contributed by atoms with Crippen molar-refractivity contribution in [3.05, 3.63) is 58.2 Å². The number of aromatic nitrogens is 3. The fourth-order valence-electron chi connectivity index (χ4n) is 2.90. The van der Waals surface area contributed by atoms with Gasteiger partial charge in [0.2, 0.25) is 0 Å². The maximum atomic E-state index is 12.7. The number of allylic oxidation sites excluding steroid dienone is 5. The molecule has 0 spiro atoms. The molecule has 0 radical (unpaired) electrons. The molecule has 2 aromatic heterocycles. The summed E-state index contributed by atoms with van der Waals surface area (Å²) in [7, 11) is 1.75. The van der Waals surface area contributed by atoms with Gasteiger partial charge in [-0.05, 0) is 52.5 Å². The number of imidazole rings is 1. The maximum Gasteiger partial charge on any atom is 0.330 e. The SMILES string of the molecule is C=C(C)/C(=C\C=C(C)C)c1cnc2c(c1)n(CC(C)/N=C\C)c(=O)n2C. The molecule has 2 aromatic rings. The van der Waals surface area contributed by atoms with Gasteiger partial charge < -0.3 is 0 Å². The molecule has 0 saturated carbocycles. The molecule has 26 heavy (non-hydrogen) atoms. The monoisotopic (exact) mass is 352 g/mol. The molecule has 5 heteroatoms. The zero-order valence-electron chi connectivity index (χ0n) is 16.6. The highest BCUT2D eigenvalue weighted by molar-refractivity contribution is 5.84. The van der Waals surface area contributed by atoms with E-state index >= 15 is 0 Å². The van der Waals surface area contributed by atoms with Gasteiger partial charge in [0.1, 0.15) is 0 Å². The van der Waals surface area contributed by atoms with Gasteiger partial charge in [0.05, 0.1) is 11.6 Å². The molecule has 0 saturated heterocycles. The summed E-state index contributed by atoms with van der Waals surface area (Å²) in [5, 5.41) is 0. The first-order valence-corrected chi connectivity index (χ1v) is 8.80. The Morgan fingerprint density at radius 3 is 2.62 bits per heavy atom. The smallest absolute Gasteiger partial charge is 0.293 e. The van der Waals surface area contributed by atoms with Crippen molar-refractivity contribution in [3.63, 3.8) is 0 Å². The number of aryl methyl sites for hydroxylation is 1. The fraction of sp³-hybridized carbons (Fsp3) is 0.381. The Hall–Kier alpha value is -2.69. The molecule has 5 nitrogen and oxygen atoms in total. The third-order valence-corrected chi connectivity index (χ3v) is 4.18. The number of fused-ring (bicyclic) bond motifs is 1. The molecule has 0 aliphatic heterocycles. The van der Waals surface area contributed by atoms with Gasteiger partial charge in [-0.3, -0.25) is 14.1 Å². The Morgan fingerprint density at radius 1 is 1.35 bits per heavy atom. The van der Waals surface area contributed by atoms with Gasteiger partial charge in [-0.2, -0.15) is 0 Å². The average molecular weight is 352 g/mol. The zero-order valence-corrected chi connectivity index (χ0v) is 16.6.